The summed E-state index contributed by atoms with van der Waals surface area (Å²) in [6.45, 7) is 36.4. The third-order valence-corrected chi connectivity index (χ3v) is 13.9. The summed E-state index contributed by atoms with van der Waals surface area (Å²) < 4.78 is 4.91. The predicted octanol–water partition coefficient (Wildman–Crippen LogP) is 14.1. The molecule has 0 unspecified atom stereocenters. The molecule has 5 rings (SSSR count). The van der Waals surface area contributed by atoms with Crippen molar-refractivity contribution in [1.82, 2.24) is 0 Å². The number of rotatable bonds is 14. The van der Waals surface area contributed by atoms with Crippen molar-refractivity contribution in [2.24, 2.45) is 10.8 Å². The van der Waals surface area contributed by atoms with E-state index in [4.69, 9.17) is 0 Å². The molecule has 2 aliphatic rings. The van der Waals surface area contributed by atoms with Crippen LogP contribution in [0, 0.1) is 10.8 Å². The van der Waals surface area contributed by atoms with Crippen molar-refractivity contribution in [2.75, 3.05) is 0 Å². The van der Waals surface area contributed by atoms with Gasteiger partial charge in [0.2, 0.25) is 22.8 Å². The SMILES string of the molecule is CCC1(CC)CC(C)(C)[N+](c2c(C(C)C)cccc2C(C)C)=C1C(=O)c1ccc(C(=O)C2=[N+](c3c(C(C)C)cccc3C(C)C)C(C)(C)CC2(CC)CC)cc1. The van der Waals surface area contributed by atoms with E-state index in [2.05, 4.69) is 156 Å². The van der Waals surface area contributed by atoms with Gasteiger partial charge in [-0.1, -0.05) is 144 Å². The summed E-state index contributed by atoms with van der Waals surface area (Å²) in [6.07, 6.45) is 5.36. The number of carbonyl (C=O) groups is 2. The van der Waals surface area contributed by atoms with Gasteiger partial charge in [0.1, 0.15) is 0 Å². The molecule has 3 aromatic carbocycles. The lowest BCUT2D eigenvalue weighted by Crippen LogP contribution is -2.37. The van der Waals surface area contributed by atoms with E-state index >= 15 is 9.59 Å². The van der Waals surface area contributed by atoms with Crippen molar-refractivity contribution in [3.05, 3.63) is 94.0 Å². The molecule has 3 aromatic rings. The van der Waals surface area contributed by atoms with E-state index in [0.29, 0.717) is 34.8 Å². The second kappa shape index (κ2) is 15.9. The zero-order chi connectivity index (χ0) is 41.7. The summed E-state index contributed by atoms with van der Waals surface area (Å²) in [5.74, 6) is 1.37. The summed E-state index contributed by atoms with van der Waals surface area (Å²) in [4.78, 5) is 30.6. The predicted molar refractivity (Wildman–Crippen MR) is 238 cm³/mol. The summed E-state index contributed by atoms with van der Waals surface area (Å²) in [6, 6.07) is 21.1. The highest BCUT2D eigenvalue weighted by molar-refractivity contribution is 6.47. The molecule has 0 atom stereocenters. The molecule has 302 valence electrons. The van der Waals surface area contributed by atoms with Gasteiger partial charge in [-0.25, -0.2) is 0 Å². The molecule has 0 spiro atoms. The van der Waals surface area contributed by atoms with Crippen LogP contribution in [0.3, 0.4) is 0 Å². The van der Waals surface area contributed by atoms with Crippen LogP contribution in [0.25, 0.3) is 0 Å². The molecule has 0 fully saturated rings. The Morgan fingerprint density at radius 3 is 0.946 bits per heavy atom. The molecule has 0 saturated carbocycles. The molecule has 56 heavy (non-hydrogen) atoms. The minimum atomic E-state index is -0.265. The monoisotopic (exact) mass is 759 g/mol. The highest BCUT2D eigenvalue weighted by atomic mass is 16.1. The van der Waals surface area contributed by atoms with Gasteiger partial charge in [-0.3, -0.25) is 9.59 Å². The van der Waals surface area contributed by atoms with Crippen LogP contribution in [0.2, 0.25) is 0 Å². The Hall–Kier alpha value is -3.66. The lowest BCUT2D eigenvalue weighted by molar-refractivity contribution is -0.516. The van der Waals surface area contributed by atoms with Crippen LogP contribution >= 0.6 is 0 Å². The molecular weight excluding hydrogens is 685 g/mol. The summed E-state index contributed by atoms with van der Waals surface area (Å²) in [5.41, 5.74) is 9.62. The van der Waals surface area contributed by atoms with Crippen LogP contribution in [-0.4, -0.2) is 43.2 Å². The Labute approximate surface area is 340 Å². The molecule has 4 nitrogen and oxygen atoms in total. The van der Waals surface area contributed by atoms with E-state index in [0.717, 1.165) is 49.9 Å². The number of carbonyl (C=O) groups excluding carboxylic acids is 2. The number of hydrogen-bond acceptors (Lipinski definition) is 2. The number of ketones is 2. The fourth-order valence-electron chi connectivity index (χ4n) is 10.8. The summed E-state index contributed by atoms with van der Waals surface area (Å²) >= 11 is 0. The van der Waals surface area contributed by atoms with E-state index in [1.165, 1.54) is 33.6 Å². The number of Topliss-reactive ketones (excluding diaryl/α,β-unsaturated/α-hetero) is 2. The first kappa shape index (κ1) is 43.5. The van der Waals surface area contributed by atoms with Crippen molar-refractivity contribution in [3.63, 3.8) is 0 Å². The Kier molecular flexibility index (Phi) is 12.4. The topological polar surface area (TPSA) is 40.2 Å². The van der Waals surface area contributed by atoms with Crippen molar-refractivity contribution in [1.29, 1.82) is 0 Å². The van der Waals surface area contributed by atoms with E-state index in [1.54, 1.807) is 0 Å². The summed E-state index contributed by atoms with van der Waals surface area (Å²) in [7, 11) is 0. The number of nitrogens with zero attached hydrogens (tertiary/aromatic N) is 2. The average molecular weight is 759 g/mol. The maximum atomic E-state index is 15.3. The zero-order valence-corrected chi connectivity index (χ0v) is 38.0. The van der Waals surface area contributed by atoms with Gasteiger partial charge in [-0.05, 0) is 49.4 Å². The highest BCUT2D eigenvalue weighted by Crippen LogP contribution is 2.52. The van der Waals surface area contributed by atoms with Gasteiger partial charge in [0.25, 0.3) is 11.6 Å². The molecule has 0 N–H and O–H groups in total. The molecule has 0 bridgehead atoms. The molecule has 0 amide bonds. The van der Waals surface area contributed by atoms with Crippen molar-refractivity contribution in [3.8, 4) is 0 Å². The van der Waals surface area contributed by atoms with Gasteiger partial charge < -0.3 is 0 Å². The fourth-order valence-corrected chi connectivity index (χ4v) is 10.8. The van der Waals surface area contributed by atoms with Gasteiger partial charge in [-0.15, -0.1) is 0 Å². The van der Waals surface area contributed by atoms with Gasteiger partial charge in [0.05, 0.1) is 10.8 Å². The van der Waals surface area contributed by atoms with E-state index in [-0.39, 0.29) is 33.5 Å². The second-order valence-electron chi connectivity index (χ2n) is 19.7. The van der Waals surface area contributed by atoms with Crippen LogP contribution < -0.4 is 0 Å². The van der Waals surface area contributed by atoms with Crippen molar-refractivity contribution >= 4 is 34.4 Å². The fraction of sp³-hybridized carbons (Fsp3) is 0.577. The molecule has 0 aromatic heterocycles. The first-order valence-corrected chi connectivity index (χ1v) is 22.0. The molecule has 2 heterocycles. The Morgan fingerprint density at radius 1 is 0.482 bits per heavy atom. The van der Waals surface area contributed by atoms with Crippen LogP contribution in [0.5, 0.6) is 0 Å². The zero-order valence-electron chi connectivity index (χ0n) is 38.0. The van der Waals surface area contributed by atoms with Crippen molar-refractivity contribution in [2.45, 2.75) is 184 Å². The molecule has 0 saturated heterocycles. The van der Waals surface area contributed by atoms with Crippen LogP contribution in [0.4, 0.5) is 11.4 Å². The average Bonchev–Trinajstić information content (AvgIpc) is 3.56. The smallest absolute Gasteiger partial charge is 0.252 e. The Morgan fingerprint density at radius 2 is 0.732 bits per heavy atom. The third kappa shape index (κ3) is 7.21. The lowest BCUT2D eigenvalue weighted by atomic mass is 9.71. The van der Waals surface area contributed by atoms with Gasteiger partial charge in [0.15, 0.2) is 11.1 Å². The van der Waals surface area contributed by atoms with E-state index in [1.807, 2.05) is 24.3 Å². The van der Waals surface area contributed by atoms with Crippen LogP contribution in [0.15, 0.2) is 60.7 Å². The maximum absolute atomic E-state index is 15.3. The van der Waals surface area contributed by atoms with E-state index < -0.39 is 0 Å². The van der Waals surface area contributed by atoms with Crippen LogP contribution in [0.1, 0.15) is 216 Å². The minimum Gasteiger partial charge on any atom is -0.282 e. The molecule has 2 aliphatic heterocycles. The number of benzene rings is 3. The second-order valence-corrected chi connectivity index (χ2v) is 19.7. The minimum absolute atomic E-state index is 0.0757. The maximum Gasteiger partial charge on any atom is 0.252 e. The summed E-state index contributed by atoms with van der Waals surface area (Å²) in [5, 5.41) is 0. The Balaban J connectivity index is 1.74. The number of para-hydroxylation sites is 2. The normalized spacial score (nSPS) is 18.6. The highest BCUT2D eigenvalue weighted by Gasteiger charge is 2.60. The molecule has 0 radical (unpaired) electrons. The lowest BCUT2D eigenvalue weighted by Gasteiger charge is -2.25. The van der Waals surface area contributed by atoms with Gasteiger partial charge in [0, 0.05) is 73.9 Å². The van der Waals surface area contributed by atoms with E-state index in [9.17, 15) is 0 Å². The first-order chi connectivity index (χ1) is 26.2. The third-order valence-electron chi connectivity index (χ3n) is 13.9. The van der Waals surface area contributed by atoms with Crippen molar-refractivity contribution < 1.29 is 18.7 Å². The molecule has 4 heteroatoms. The van der Waals surface area contributed by atoms with Crippen LogP contribution in [-0.2, 0) is 0 Å². The molecular formula is C52H74N2O2+2. The quantitative estimate of drug-likeness (QED) is 0.121. The van der Waals surface area contributed by atoms with Gasteiger partial charge >= 0.3 is 0 Å². The molecule has 0 aliphatic carbocycles. The Bertz CT molecular complexity index is 1830. The number of hydrogen-bond donors (Lipinski definition) is 0. The largest absolute Gasteiger partial charge is 0.282 e. The first-order valence-electron chi connectivity index (χ1n) is 22.0. The standard InChI is InChI=1S/C52H74N2O2/c1-17-51(18-2)31-49(13,14)53(43-39(33(5)6)23-21-24-40(43)34(7)8)47(51)45(55)37-27-29-38(30-28-37)46(56)48-52(19-3,20-4)32-50(15,16)54(48)44-41(35(9)10)25-22-26-42(44)36(11)12/h21-30,33-36H,17-20,31-32H2,1-16H3/q+2. The van der Waals surface area contributed by atoms with Gasteiger partial charge in [-0.2, -0.15) is 9.15 Å².